The van der Waals surface area contributed by atoms with Crippen molar-refractivity contribution in [3.05, 3.63) is 0 Å². The van der Waals surface area contributed by atoms with E-state index in [1.807, 2.05) is 6.92 Å². The number of amides is 2. The Balaban J connectivity index is 1.62. The molecular formula is C17H30N2O2. The van der Waals surface area contributed by atoms with Crippen LogP contribution in [-0.4, -0.2) is 23.9 Å². The third-order valence-corrected chi connectivity index (χ3v) is 4.62. The molecule has 4 heteroatoms. The molecule has 0 atom stereocenters. The van der Waals surface area contributed by atoms with Gasteiger partial charge in [0.1, 0.15) is 0 Å². The summed E-state index contributed by atoms with van der Waals surface area (Å²) in [6, 6.07) is 0.724. The first kappa shape index (κ1) is 16.3. The van der Waals surface area contributed by atoms with Crippen molar-refractivity contribution in [2.45, 2.75) is 84.7 Å². The molecule has 0 radical (unpaired) electrons. The third kappa shape index (κ3) is 4.45. The zero-order valence-electron chi connectivity index (χ0n) is 13.9. The van der Waals surface area contributed by atoms with Gasteiger partial charge in [-0.2, -0.15) is 0 Å². The Labute approximate surface area is 128 Å². The van der Waals surface area contributed by atoms with Gasteiger partial charge in [-0.25, -0.2) is 0 Å². The normalized spacial score (nSPS) is 31.2. The van der Waals surface area contributed by atoms with Crippen LogP contribution in [0.5, 0.6) is 0 Å². The second kappa shape index (κ2) is 5.98. The predicted molar refractivity (Wildman–Crippen MR) is 83.7 cm³/mol. The minimum absolute atomic E-state index is 0.0522. The number of hydrogen-bond acceptors (Lipinski definition) is 2. The van der Waals surface area contributed by atoms with Gasteiger partial charge < -0.3 is 10.6 Å². The van der Waals surface area contributed by atoms with E-state index in [1.54, 1.807) is 0 Å². The minimum Gasteiger partial charge on any atom is -0.353 e. The lowest BCUT2D eigenvalue weighted by atomic mass is 9.52. The quantitative estimate of drug-likeness (QED) is 0.819. The molecule has 0 heterocycles. The van der Waals surface area contributed by atoms with Crippen LogP contribution in [0.15, 0.2) is 0 Å². The fraction of sp³-hybridized carbons (Fsp3) is 0.882. The zero-order valence-corrected chi connectivity index (χ0v) is 13.9. The van der Waals surface area contributed by atoms with E-state index in [2.05, 4.69) is 31.4 Å². The van der Waals surface area contributed by atoms with E-state index in [0.717, 1.165) is 32.1 Å². The minimum atomic E-state index is 0.0522. The average Bonchev–Trinajstić information content (AvgIpc) is 2.20. The third-order valence-electron chi connectivity index (χ3n) is 4.62. The molecule has 0 aliphatic heterocycles. The Kier molecular flexibility index (Phi) is 4.64. The van der Waals surface area contributed by atoms with E-state index in [0.29, 0.717) is 30.3 Å². The van der Waals surface area contributed by atoms with Crippen molar-refractivity contribution in [2.75, 3.05) is 0 Å². The number of carbonyl (C=O) groups is 2. The Hall–Kier alpha value is -1.06. The molecule has 0 aromatic carbocycles. The number of nitrogens with one attached hydrogen (secondary N) is 2. The predicted octanol–water partition coefficient (Wildman–Crippen LogP) is 2.77. The maximum absolute atomic E-state index is 11.9. The number of rotatable bonds is 5. The molecule has 0 saturated heterocycles. The van der Waals surface area contributed by atoms with Gasteiger partial charge in [0.05, 0.1) is 0 Å². The largest absolute Gasteiger partial charge is 0.353 e. The van der Waals surface area contributed by atoms with Crippen molar-refractivity contribution in [1.82, 2.24) is 10.6 Å². The summed E-state index contributed by atoms with van der Waals surface area (Å²) in [6.45, 7) is 8.29. The van der Waals surface area contributed by atoms with E-state index in [9.17, 15) is 9.59 Å². The van der Waals surface area contributed by atoms with Gasteiger partial charge in [0.2, 0.25) is 11.8 Å². The molecule has 2 rings (SSSR count). The molecule has 2 amide bonds. The summed E-state index contributed by atoms with van der Waals surface area (Å²) in [6.07, 6.45) is 6.49. The van der Waals surface area contributed by atoms with Crippen LogP contribution in [0.4, 0.5) is 0 Å². The molecule has 0 unspecified atom stereocenters. The molecule has 2 aliphatic rings. The summed E-state index contributed by atoms with van der Waals surface area (Å²) in [5.74, 6) is 0.362. The Bertz CT molecular complexity index is 398. The van der Waals surface area contributed by atoms with Gasteiger partial charge in [-0.3, -0.25) is 9.59 Å². The monoisotopic (exact) mass is 294 g/mol. The topological polar surface area (TPSA) is 58.2 Å². The van der Waals surface area contributed by atoms with Crippen LogP contribution in [0.25, 0.3) is 0 Å². The van der Waals surface area contributed by atoms with Crippen LogP contribution in [0.3, 0.4) is 0 Å². The first-order valence-corrected chi connectivity index (χ1v) is 8.30. The second-order valence-electron chi connectivity index (χ2n) is 8.33. The highest BCUT2D eigenvalue weighted by Gasteiger charge is 2.53. The molecular weight excluding hydrogens is 264 g/mol. The lowest BCUT2D eigenvalue weighted by Gasteiger charge is -2.57. The molecule has 4 nitrogen and oxygen atoms in total. The van der Waals surface area contributed by atoms with Gasteiger partial charge in [-0.15, -0.1) is 0 Å². The molecule has 2 aliphatic carbocycles. The molecule has 2 fully saturated rings. The highest BCUT2D eigenvalue weighted by Crippen LogP contribution is 2.55. The van der Waals surface area contributed by atoms with E-state index in [1.165, 1.54) is 0 Å². The number of carbonyl (C=O) groups excluding carboxylic acids is 2. The van der Waals surface area contributed by atoms with E-state index >= 15 is 0 Å². The molecule has 0 bridgehead atoms. The van der Waals surface area contributed by atoms with Crippen molar-refractivity contribution in [2.24, 2.45) is 10.8 Å². The summed E-state index contributed by atoms with van der Waals surface area (Å²) in [4.78, 5) is 23.4. The van der Waals surface area contributed by atoms with Crippen molar-refractivity contribution in [3.63, 3.8) is 0 Å². The zero-order chi connectivity index (χ0) is 15.7. The van der Waals surface area contributed by atoms with Crippen molar-refractivity contribution in [1.29, 1.82) is 0 Å². The standard InChI is InChI=1S/C17H30N2O2/c1-5-6-14(20)18-12-7-17(8-12)9-13(10-17)19-15(21)11-16(2,3)4/h12-13H,5-11H2,1-4H3,(H,18,20)(H,19,21). The molecule has 1 spiro atoms. The summed E-state index contributed by atoms with van der Waals surface area (Å²) in [5.41, 5.74) is 0.459. The summed E-state index contributed by atoms with van der Waals surface area (Å²) in [5, 5.41) is 6.25. The van der Waals surface area contributed by atoms with Crippen molar-refractivity contribution < 1.29 is 9.59 Å². The highest BCUT2D eigenvalue weighted by molar-refractivity contribution is 5.77. The first-order valence-electron chi connectivity index (χ1n) is 8.30. The first-order chi connectivity index (χ1) is 9.71. The van der Waals surface area contributed by atoms with E-state index in [-0.39, 0.29) is 17.2 Å². The molecule has 2 N–H and O–H groups in total. The summed E-state index contributed by atoms with van der Waals surface area (Å²) >= 11 is 0. The lowest BCUT2D eigenvalue weighted by molar-refractivity contribution is -0.128. The van der Waals surface area contributed by atoms with E-state index < -0.39 is 0 Å². The van der Waals surface area contributed by atoms with E-state index in [4.69, 9.17) is 0 Å². The fourth-order valence-corrected chi connectivity index (χ4v) is 3.80. The highest BCUT2D eigenvalue weighted by atomic mass is 16.2. The van der Waals surface area contributed by atoms with Gasteiger partial charge in [-0.1, -0.05) is 27.7 Å². The van der Waals surface area contributed by atoms with Crippen LogP contribution in [0.2, 0.25) is 0 Å². The molecule has 120 valence electrons. The summed E-state index contributed by atoms with van der Waals surface area (Å²) in [7, 11) is 0. The van der Waals surface area contributed by atoms with Gasteiger partial charge in [0, 0.05) is 24.9 Å². The van der Waals surface area contributed by atoms with Crippen LogP contribution in [-0.2, 0) is 9.59 Å². The number of hydrogen-bond donors (Lipinski definition) is 2. The van der Waals surface area contributed by atoms with Gasteiger partial charge in [0.15, 0.2) is 0 Å². The Morgan fingerprint density at radius 1 is 1.00 bits per heavy atom. The van der Waals surface area contributed by atoms with Crippen molar-refractivity contribution >= 4 is 11.8 Å². The van der Waals surface area contributed by atoms with Crippen LogP contribution < -0.4 is 10.6 Å². The molecule has 0 aromatic heterocycles. The average molecular weight is 294 g/mol. The Morgan fingerprint density at radius 3 is 1.90 bits per heavy atom. The van der Waals surface area contributed by atoms with Crippen LogP contribution in [0.1, 0.15) is 72.6 Å². The maximum Gasteiger partial charge on any atom is 0.220 e. The van der Waals surface area contributed by atoms with Crippen LogP contribution >= 0.6 is 0 Å². The smallest absolute Gasteiger partial charge is 0.220 e. The van der Waals surface area contributed by atoms with Gasteiger partial charge >= 0.3 is 0 Å². The summed E-state index contributed by atoms with van der Waals surface area (Å²) < 4.78 is 0. The molecule has 21 heavy (non-hydrogen) atoms. The van der Waals surface area contributed by atoms with Crippen molar-refractivity contribution in [3.8, 4) is 0 Å². The van der Waals surface area contributed by atoms with Gasteiger partial charge in [0.25, 0.3) is 0 Å². The maximum atomic E-state index is 11.9. The lowest BCUT2D eigenvalue weighted by Crippen LogP contribution is -2.61. The SMILES string of the molecule is CCCC(=O)NC1CC2(C1)CC(NC(=O)CC(C)(C)C)C2. The molecule has 0 aromatic rings. The molecule has 2 saturated carbocycles. The van der Waals surface area contributed by atoms with Gasteiger partial charge in [-0.05, 0) is 42.9 Å². The second-order valence-corrected chi connectivity index (χ2v) is 8.33. The van der Waals surface area contributed by atoms with Crippen LogP contribution in [0, 0.1) is 10.8 Å². The fourth-order valence-electron chi connectivity index (χ4n) is 3.80. The Morgan fingerprint density at radius 2 is 1.48 bits per heavy atom.